The smallest absolute Gasteiger partial charge is 0.341 e. The van der Waals surface area contributed by atoms with Gasteiger partial charge < -0.3 is 9.47 Å². The lowest BCUT2D eigenvalue weighted by atomic mass is 10.2. The van der Waals surface area contributed by atoms with E-state index in [4.69, 9.17) is 4.74 Å². The number of para-hydroxylation sites is 1. The van der Waals surface area contributed by atoms with Gasteiger partial charge in [-0.15, -0.1) is 11.8 Å². The van der Waals surface area contributed by atoms with Crippen LogP contribution in [0.25, 0.3) is 0 Å². The van der Waals surface area contributed by atoms with Gasteiger partial charge in [-0.1, -0.05) is 12.1 Å². The summed E-state index contributed by atoms with van der Waals surface area (Å²) >= 11 is 1.38. The van der Waals surface area contributed by atoms with Gasteiger partial charge in [0, 0.05) is 6.08 Å². The summed E-state index contributed by atoms with van der Waals surface area (Å²) in [7, 11) is 1.27. The van der Waals surface area contributed by atoms with Crippen LogP contribution in [-0.4, -0.2) is 25.3 Å². The van der Waals surface area contributed by atoms with E-state index in [1.807, 2.05) is 6.26 Å². The first-order valence-electron chi connectivity index (χ1n) is 4.77. The van der Waals surface area contributed by atoms with Crippen molar-refractivity contribution >= 4 is 23.7 Å². The van der Waals surface area contributed by atoms with Crippen LogP contribution < -0.4 is 4.74 Å². The van der Waals surface area contributed by atoms with E-state index in [9.17, 15) is 9.59 Å². The molecule has 1 rings (SSSR count). The van der Waals surface area contributed by atoms with Crippen LogP contribution in [-0.2, 0) is 9.53 Å². The fraction of sp³-hybridized carbons (Fsp3) is 0.167. The number of ether oxygens (including phenoxy) is 2. The van der Waals surface area contributed by atoms with Crippen LogP contribution >= 0.6 is 11.8 Å². The van der Waals surface area contributed by atoms with E-state index in [0.717, 1.165) is 0 Å². The molecule has 0 aliphatic heterocycles. The normalized spacial score (nSPS) is 10.2. The first kappa shape index (κ1) is 13.3. The van der Waals surface area contributed by atoms with Gasteiger partial charge in [-0.3, -0.25) is 0 Å². The van der Waals surface area contributed by atoms with E-state index in [1.54, 1.807) is 17.5 Å². The average Bonchev–Trinajstić information content (AvgIpc) is 2.36. The van der Waals surface area contributed by atoms with E-state index >= 15 is 0 Å². The van der Waals surface area contributed by atoms with Crippen molar-refractivity contribution < 1.29 is 19.1 Å². The lowest BCUT2D eigenvalue weighted by molar-refractivity contribution is -0.128. The Kier molecular flexibility index (Phi) is 5.29. The molecule has 0 radical (unpaired) electrons. The molecular formula is C12H12O4S. The van der Waals surface area contributed by atoms with Gasteiger partial charge in [-0.05, 0) is 23.8 Å². The highest BCUT2D eigenvalue weighted by molar-refractivity contribution is 8.01. The third-order valence-electron chi connectivity index (χ3n) is 1.84. The lowest BCUT2D eigenvalue weighted by Gasteiger charge is -2.06. The van der Waals surface area contributed by atoms with Gasteiger partial charge in [0.15, 0.2) is 0 Å². The summed E-state index contributed by atoms with van der Waals surface area (Å²) in [6.07, 6.45) is 3.12. The summed E-state index contributed by atoms with van der Waals surface area (Å²) in [6.45, 7) is 0. The molecule has 0 fully saturated rings. The number of carbonyl (C=O) groups excluding carboxylic acids is 2. The van der Waals surface area contributed by atoms with E-state index in [1.165, 1.54) is 37.1 Å². The minimum atomic E-state index is -0.540. The quantitative estimate of drug-likeness (QED) is 0.467. The highest BCUT2D eigenvalue weighted by atomic mass is 32.2. The number of hydrogen-bond acceptors (Lipinski definition) is 5. The molecule has 0 aliphatic carbocycles. The number of thioether (sulfide) groups is 1. The zero-order chi connectivity index (χ0) is 12.7. The van der Waals surface area contributed by atoms with Gasteiger partial charge in [0.1, 0.15) is 11.3 Å². The molecule has 0 aromatic heterocycles. The summed E-state index contributed by atoms with van der Waals surface area (Å²) in [5.74, 6) is -0.881. The van der Waals surface area contributed by atoms with Crippen LogP contribution in [0.1, 0.15) is 10.4 Å². The molecule has 0 atom stereocenters. The summed E-state index contributed by atoms with van der Waals surface area (Å²) < 4.78 is 9.62. The van der Waals surface area contributed by atoms with Crippen molar-refractivity contribution in [1.29, 1.82) is 0 Å². The van der Waals surface area contributed by atoms with Gasteiger partial charge in [0.05, 0.1) is 7.11 Å². The lowest BCUT2D eigenvalue weighted by Crippen LogP contribution is -2.09. The van der Waals surface area contributed by atoms with Gasteiger partial charge in [-0.2, -0.15) is 0 Å². The van der Waals surface area contributed by atoms with Gasteiger partial charge in [-0.25, -0.2) is 9.59 Å². The van der Waals surface area contributed by atoms with Crippen molar-refractivity contribution in [3.05, 3.63) is 41.3 Å². The molecular weight excluding hydrogens is 240 g/mol. The van der Waals surface area contributed by atoms with E-state index in [-0.39, 0.29) is 11.3 Å². The zero-order valence-electron chi connectivity index (χ0n) is 9.51. The topological polar surface area (TPSA) is 52.6 Å². The highest BCUT2D eigenvalue weighted by Crippen LogP contribution is 2.19. The molecule has 17 heavy (non-hydrogen) atoms. The number of rotatable bonds is 4. The minimum Gasteiger partial charge on any atom is -0.465 e. The van der Waals surface area contributed by atoms with Gasteiger partial charge >= 0.3 is 11.9 Å². The zero-order valence-corrected chi connectivity index (χ0v) is 10.3. The predicted octanol–water partition coefficient (Wildman–Crippen LogP) is 2.26. The number of esters is 2. The van der Waals surface area contributed by atoms with E-state index in [2.05, 4.69) is 4.74 Å². The Hall–Kier alpha value is -1.75. The van der Waals surface area contributed by atoms with Crippen molar-refractivity contribution in [2.24, 2.45) is 0 Å². The molecule has 0 heterocycles. The predicted molar refractivity (Wildman–Crippen MR) is 66.1 cm³/mol. The molecule has 0 saturated carbocycles. The molecule has 90 valence electrons. The monoisotopic (exact) mass is 252 g/mol. The number of benzene rings is 1. The molecule has 0 saturated heterocycles. The Balaban J connectivity index is 2.87. The maximum atomic E-state index is 11.4. The van der Waals surface area contributed by atoms with Crippen molar-refractivity contribution in [3.8, 4) is 5.75 Å². The second kappa shape index (κ2) is 6.75. The SMILES string of the molecule is COC(=O)c1ccccc1OC(=O)/C=C/SC. The summed E-state index contributed by atoms with van der Waals surface area (Å²) in [4.78, 5) is 22.8. The van der Waals surface area contributed by atoms with E-state index < -0.39 is 11.9 Å². The third-order valence-corrected chi connectivity index (χ3v) is 2.25. The highest BCUT2D eigenvalue weighted by Gasteiger charge is 2.13. The van der Waals surface area contributed by atoms with Crippen molar-refractivity contribution in [2.75, 3.05) is 13.4 Å². The third kappa shape index (κ3) is 3.96. The molecule has 0 bridgehead atoms. The number of hydrogen-bond donors (Lipinski definition) is 0. The fourth-order valence-corrected chi connectivity index (χ4v) is 1.35. The maximum absolute atomic E-state index is 11.4. The molecule has 4 nitrogen and oxygen atoms in total. The van der Waals surface area contributed by atoms with Crippen molar-refractivity contribution in [1.82, 2.24) is 0 Å². The van der Waals surface area contributed by atoms with Crippen LogP contribution in [0.2, 0.25) is 0 Å². The van der Waals surface area contributed by atoms with Gasteiger partial charge in [0.25, 0.3) is 0 Å². The first-order chi connectivity index (χ1) is 8.19. The minimum absolute atomic E-state index is 0.190. The van der Waals surface area contributed by atoms with Crippen molar-refractivity contribution in [2.45, 2.75) is 0 Å². The molecule has 0 amide bonds. The summed E-state index contributed by atoms with van der Waals surface area (Å²) in [5.41, 5.74) is 0.223. The second-order valence-corrected chi connectivity index (χ2v) is 3.69. The number of carbonyl (C=O) groups is 2. The average molecular weight is 252 g/mol. The first-order valence-corrected chi connectivity index (χ1v) is 6.06. The maximum Gasteiger partial charge on any atom is 0.341 e. The largest absolute Gasteiger partial charge is 0.465 e. The standard InChI is InChI=1S/C12H12O4S/c1-15-12(14)9-5-3-4-6-10(9)16-11(13)7-8-17-2/h3-8H,1-2H3/b8-7+. The summed E-state index contributed by atoms with van der Waals surface area (Å²) in [5, 5.41) is 1.60. The molecule has 0 unspecified atom stereocenters. The van der Waals surface area contributed by atoms with Crippen LogP contribution in [0.3, 0.4) is 0 Å². The summed E-state index contributed by atoms with van der Waals surface area (Å²) in [6, 6.07) is 6.42. The van der Waals surface area contributed by atoms with Crippen LogP contribution in [0.5, 0.6) is 5.75 Å². The van der Waals surface area contributed by atoms with Crippen molar-refractivity contribution in [3.63, 3.8) is 0 Å². The van der Waals surface area contributed by atoms with Gasteiger partial charge in [0.2, 0.25) is 0 Å². The Morgan fingerprint density at radius 1 is 1.29 bits per heavy atom. The van der Waals surface area contributed by atoms with Crippen LogP contribution in [0.15, 0.2) is 35.7 Å². The molecule has 1 aromatic rings. The fourth-order valence-electron chi connectivity index (χ4n) is 1.10. The van der Waals surface area contributed by atoms with E-state index in [0.29, 0.717) is 0 Å². The number of methoxy groups -OCH3 is 1. The Labute approximate surface area is 104 Å². The molecule has 0 N–H and O–H groups in total. The van der Waals surface area contributed by atoms with Crippen LogP contribution in [0, 0.1) is 0 Å². The Morgan fingerprint density at radius 3 is 2.65 bits per heavy atom. The van der Waals surface area contributed by atoms with Crippen LogP contribution in [0.4, 0.5) is 0 Å². The Bertz CT molecular complexity index is 440. The molecule has 0 spiro atoms. The second-order valence-electron chi connectivity index (χ2n) is 2.95. The molecule has 1 aromatic carbocycles. The molecule has 0 aliphatic rings. The molecule has 5 heteroatoms. The Morgan fingerprint density at radius 2 is 2.00 bits per heavy atom.